The first-order valence-electron chi connectivity index (χ1n) is 7.16. The van der Waals surface area contributed by atoms with E-state index < -0.39 is 0 Å². The molecule has 2 heteroatoms. The molecule has 1 aromatic carbocycles. The summed E-state index contributed by atoms with van der Waals surface area (Å²) in [5, 5.41) is 2.17. The summed E-state index contributed by atoms with van der Waals surface area (Å²) >= 11 is 1.86. The summed E-state index contributed by atoms with van der Waals surface area (Å²) in [5.74, 6) is 1.34. The minimum Gasteiger partial charge on any atom is -0.327 e. The first-order chi connectivity index (χ1) is 9.33. The van der Waals surface area contributed by atoms with Gasteiger partial charge < -0.3 is 5.73 Å². The van der Waals surface area contributed by atoms with Crippen LogP contribution in [0.1, 0.15) is 35.6 Å². The lowest BCUT2D eigenvalue weighted by Crippen LogP contribution is -2.36. The minimum absolute atomic E-state index is 0.377. The Morgan fingerprint density at radius 2 is 1.89 bits per heavy atom. The highest BCUT2D eigenvalue weighted by Crippen LogP contribution is 2.37. The molecule has 2 aromatic rings. The van der Waals surface area contributed by atoms with E-state index in [1.807, 2.05) is 11.3 Å². The number of rotatable bonds is 3. The van der Waals surface area contributed by atoms with Crippen molar-refractivity contribution in [3.63, 3.8) is 0 Å². The van der Waals surface area contributed by atoms with Crippen LogP contribution in [0.3, 0.4) is 0 Å². The van der Waals surface area contributed by atoms with E-state index in [2.05, 4.69) is 47.8 Å². The van der Waals surface area contributed by atoms with Crippen molar-refractivity contribution in [1.29, 1.82) is 0 Å². The lowest BCUT2D eigenvalue weighted by Gasteiger charge is -2.34. The molecule has 3 atom stereocenters. The number of hydrogen-bond acceptors (Lipinski definition) is 2. The molecule has 1 aromatic heterocycles. The molecule has 100 valence electrons. The molecular formula is C17H21NS. The van der Waals surface area contributed by atoms with Crippen LogP contribution < -0.4 is 5.73 Å². The van der Waals surface area contributed by atoms with Crippen LogP contribution in [0, 0.1) is 5.92 Å². The topological polar surface area (TPSA) is 26.0 Å². The third-order valence-corrected chi connectivity index (χ3v) is 5.25. The molecule has 0 saturated heterocycles. The van der Waals surface area contributed by atoms with E-state index >= 15 is 0 Å². The fourth-order valence-corrected chi connectivity index (χ4v) is 4.04. The maximum atomic E-state index is 6.34. The van der Waals surface area contributed by atoms with Crippen molar-refractivity contribution >= 4 is 11.3 Å². The lowest BCUT2D eigenvalue weighted by molar-refractivity contribution is 0.278. The SMILES string of the molecule is NC1CCC(c2ccccc2)CC1Cc1cccs1. The molecule has 1 saturated carbocycles. The molecule has 3 unspecified atom stereocenters. The zero-order valence-corrected chi connectivity index (χ0v) is 12.0. The molecule has 0 aliphatic heterocycles. The second kappa shape index (κ2) is 5.89. The van der Waals surface area contributed by atoms with Crippen LogP contribution in [-0.4, -0.2) is 6.04 Å². The molecule has 1 aliphatic rings. The van der Waals surface area contributed by atoms with Crippen LogP contribution in [0.25, 0.3) is 0 Å². The molecule has 0 bridgehead atoms. The van der Waals surface area contributed by atoms with Crippen molar-refractivity contribution in [2.24, 2.45) is 11.7 Å². The molecule has 1 aliphatic carbocycles. The van der Waals surface area contributed by atoms with Gasteiger partial charge in [0, 0.05) is 10.9 Å². The van der Waals surface area contributed by atoms with Gasteiger partial charge in [-0.25, -0.2) is 0 Å². The van der Waals surface area contributed by atoms with Crippen molar-refractivity contribution in [2.45, 2.75) is 37.6 Å². The maximum absolute atomic E-state index is 6.34. The van der Waals surface area contributed by atoms with E-state index in [0.29, 0.717) is 17.9 Å². The highest BCUT2D eigenvalue weighted by Gasteiger charge is 2.29. The lowest BCUT2D eigenvalue weighted by atomic mass is 9.74. The second-order valence-corrected chi connectivity index (χ2v) is 6.66. The summed E-state index contributed by atoms with van der Waals surface area (Å²) in [5.41, 5.74) is 7.83. The van der Waals surface area contributed by atoms with Gasteiger partial charge in [0.15, 0.2) is 0 Å². The van der Waals surface area contributed by atoms with Gasteiger partial charge in [0.1, 0.15) is 0 Å². The molecule has 2 N–H and O–H groups in total. The average molecular weight is 271 g/mol. The fraction of sp³-hybridized carbons (Fsp3) is 0.412. The van der Waals surface area contributed by atoms with Crippen LogP contribution in [0.4, 0.5) is 0 Å². The molecule has 0 spiro atoms. The van der Waals surface area contributed by atoms with Crippen LogP contribution in [0.2, 0.25) is 0 Å². The van der Waals surface area contributed by atoms with Gasteiger partial charge in [0.25, 0.3) is 0 Å². The van der Waals surface area contributed by atoms with E-state index in [0.717, 1.165) is 12.8 Å². The van der Waals surface area contributed by atoms with Crippen LogP contribution in [-0.2, 0) is 6.42 Å². The Bertz CT molecular complexity index is 491. The first kappa shape index (κ1) is 12.9. The van der Waals surface area contributed by atoms with Gasteiger partial charge in [-0.2, -0.15) is 0 Å². The number of hydrogen-bond donors (Lipinski definition) is 1. The first-order valence-corrected chi connectivity index (χ1v) is 8.04. The highest BCUT2D eigenvalue weighted by atomic mass is 32.1. The third-order valence-electron chi connectivity index (χ3n) is 4.36. The summed E-state index contributed by atoms with van der Waals surface area (Å²) in [6.07, 6.45) is 4.80. The van der Waals surface area contributed by atoms with E-state index in [1.165, 1.54) is 23.3 Å². The fourth-order valence-electron chi connectivity index (χ4n) is 3.24. The highest BCUT2D eigenvalue weighted by molar-refractivity contribution is 7.09. The van der Waals surface area contributed by atoms with Gasteiger partial charge in [-0.1, -0.05) is 36.4 Å². The summed E-state index contributed by atoms with van der Waals surface area (Å²) in [7, 11) is 0. The molecule has 3 rings (SSSR count). The summed E-state index contributed by atoms with van der Waals surface area (Å²) < 4.78 is 0. The second-order valence-electron chi connectivity index (χ2n) is 5.63. The Hall–Kier alpha value is -1.12. The quantitative estimate of drug-likeness (QED) is 0.889. The Balaban J connectivity index is 1.70. The van der Waals surface area contributed by atoms with Gasteiger partial charge in [-0.15, -0.1) is 11.3 Å². The molecule has 0 amide bonds. The minimum atomic E-state index is 0.377. The van der Waals surface area contributed by atoms with Gasteiger partial charge in [-0.05, 0) is 54.5 Å². The van der Waals surface area contributed by atoms with Crippen molar-refractivity contribution in [1.82, 2.24) is 0 Å². The van der Waals surface area contributed by atoms with Crippen LogP contribution in [0.15, 0.2) is 47.8 Å². The Morgan fingerprint density at radius 3 is 2.63 bits per heavy atom. The van der Waals surface area contributed by atoms with Crippen molar-refractivity contribution in [3.8, 4) is 0 Å². The largest absolute Gasteiger partial charge is 0.327 e. The molecule has 1 nitrogen and oxygen atoms in total. The van der Waals surface area contributed by atoms with E-state index in [9.17, 15) is 0 Å². The maximum Gasteiger partial charge on any atom is 0.00710 e. The smallest absolute Gasteiger partial charge is 0.00710 e. The summed E-state index contributed by atoms with van der Waals surface area (Å²) in [6, 6.07) is 15.7. The standard InChI is InChI=1S/C17H21NS/c18-17-9-8-14(13-5-2-1-3-6-13)11-15(17)12-16-7-4-10-19-16/h1-7,10,14-15,17H,8-9,11-12,18H2. The molecule has 1 heterocycles. The summed E-state index contributed by atoms with van der Waals surface area (Å²) in [4.78, 5) is 1.48. The number of nitrogens with two attached hydrogens (primary N) is 1. The zero-order chi connectivity index (χ0) is 13.1. The van der Waals surface area contributed by atoms with Crippen LogP contribution in [0.5, 0.6) is 0 Å². The Morgan fingerprint density at radius 1 is 1.05 bits per heavy atom. The zero-order valence-electron chi connectivity index (χ0n) is 11.2. The monoisotopic (exact) mass is 271 g/mol. The molecule has 0 radical (unpaired) electrons. The Kier molecular flexibility index (Phi) is 4.00. The van der Waals surface area contributed by atoms with Crippen molar-refractivity contribution < 1.29 is 0 Å². The van der Waals surface area contributed by atoms with Gasteiger partial charge >= 0.3 is 0 Å². The van der Waals surface area contributed by atoms with Gasteiger partial charge in [0.2, 0.25) is 0 Å². The number of thiophene rings is 1. The molecule has 1 fully saturated rings. The summed E-state index contributed by atoms with van der Waals surface area (Å²) in [6.45, 7) is 0. The molecular weight excluding hydrogens is 250 g/mol. The van der Waals surface area contributed by atoms with Crippen LogP contribution >= 0.6 is 11.3 Å². The van der Waals surface area contributed by atoms with E-state index in [4.69, 9.17) is 5.73 Å². The van der Waals surface area contributed by atoms with Gasteiger partial charge in [-0.3, -0.25) is 0 Å². The van der Waals surface area contributed by atoms with E-state index in [1.54, 1.807) is 0 Å². The van der Waals surface area contributed by atoms with E-state index in [-0.39, 0.29) is 0 Å². The Labute approximate surface area is 119 Å². The third kappa shape index (κ3) is 3.07. The normalized spacial score (nSPS) is 27.3. The molecule has 19 heavy (non-hydrogen) atoms. The van der Waals surface area contributed by atoms with Crippen molar-refractivity contribution in [3.05, 3.63) is 58.3 Å². The van der Waals surface area contributed by atoms with Crippen molar-refractivity contribution in [2.75, 3.05) is 0 Å². The predicted molar refractivity (Wildman–Crippen MR) is 82.5 cm³/mol. The van der Waals surface area contributed by atoms with Gasteiger partial charge in [0.05, 0.1) is 0 Å². The predicted octanol–water partition coefficient (Wildman–Crippen LogP) is 4.20. The average Bonchev–Trinajstić information content (AvgIpc) is 2.95. The number of benzene rings is 1.